The van der Waals surface area contributed by atoms with Gasteiger partial charge in [-0.2, -0.15) is 0 Å². The highest BCUT2D eigenvalue weighted by molar-refractivity contribution is 9.10. The maximum Gasteiger partial charge on any atom is 0.342 e. The molecular formula is C20H17BrClN3O4S. The molecule has 10 heteroatoms. The third-order valence-corrected chi connectivity index (χ3v) is 5.55. The second-order valence-corrected chi connectivity index (χ2v) is 8.16. The number of thioether (sulfide) groups is 1. The van der Waals surface area contributed by atoms with Crippen molar-refractivity contribution in [1.29, 1.82) is 0 Å². The lowest BCUT2D eigenvalue weighted by Crippen LogP contribution is -1.99. The lowest BCUT2D eigenvalue weighted by Gasteiger charge is -2.12. The number of carbonyl (C=O) groups is 1. The minimum absolute atomic E-state index is 0.0520. The maximum atomic E-state index is 11.8. The molecule has 156 valence electrons. The Morgan fingerprint density at radius 1 is 1.33 bits per heavy atom. The molecular weight excluding hydrogens is 494 g/mol. The molecule has 1 heterocycles. The zero-order valence-corrected chi connectivity index (χ0v) is 19.1. The molecule has 1 aromatic heterocycles. The van der Waals surface area contributed by atoms with Gasteiger partial charge >= 0.3 is 5.97 Å². The summed E-state index contributed by atoms with van der Waals surface area (Å²) in [5.74, 6) is 0.478. The van der Waals surface area contributed by atoms with Crippen LogP contribution < -0.4 is 9.47 Å². The number of ether oxygens (including phenoxy) is 2. The Kier molecular flexibility index (Phi) is 7.41. The summed E-state index contributed by atoms with van der Waals surface area (Å²) < 4.78 is 11.6. The van der Waals surface area contributed by atoms with Crippen LogP contribution in [0.2, 0.25) is 5.02 Å². The summed E-state index contributed by atoms with van der Waals surface area (Å²) in [5.41, 5.74) is 1.42. The van der Waals surface area contributed by atoms with Crippen molar-refractivity contribution in [2.75, 3.05) is 13.7 Å². The molecule has 0 saturated carbocycles. The average Bonchev–Trinajstić information content (AvgIpc) is 3.17. The molecule has 0 atom stereocenters. The average molecular weight is 511 g/mol. The normalized spacial score (nSPS) is 11.4. The highest BCUT2D eigenvalue weighted by atomic mass is 79.9. The van der Waals surface area contributed by atoms with Crippen LogP contribution in [0.5, 0.6) is 11.5 Å². The molecule has 0 bridgehead atoms. The zero-order chi connectivity index (χ0) is 21.7. The highest BCUT2D eigenvalue weighted by Gasteiger charge is 2.16. The molecule has 30 heavy (non-hydrogen) atoms. The summed E-state index contributed by atoms with van der Waals surface area (Å²) in [5, 5.41) is 17.5. The number of aromatic amines is 1. The van der Waals surface area contributed by atoms with Crippen LogP contribution >= 0.6 is 39.3 Å². The van der Waals surface area contributed by atoms with Gasteiger partial charge in [-0.25, -0.2) is 9.78 Å². The van der Waals surface area contributed by atoms with Crippen molar-refractivity contribution in [3.05, 3.63) is 56.4 Å². The number of benzene rings is 2. The predicted molar refractivity (Wildman–Crippen MR) is 120 cm³/mol. The molecule has 0 saturated heterocycles. The van der Waals surface area contributed by atoms with Crippen molar-refractivity contribution in [3.63, 3.8) is 0 Å². The minimum atomic E-state index is -1.09. The number of carboxylic acids is 1. The molecule has 0 spiro atoms. The van der Waals surface area contributed by atoms with Gasteiger partial charge in [0, 0.05) is 10.6 Å². The number of nitrogens with zero attached hydrogens (tertiary/aromatic N) is 2. The molecule has 2 N–H and O–H groups in total. The third kappa shape index (κ3) is 5.35. The molecule has 3 rings (SSSR count). The Bertz CT molecular complexity index is 1090. The van der Waals surface area contributed by atoms with Gasteiger partial charge in [-0.15, -0.1) is 5.10 Å². The van der Waals surface area contributed by atoms with Crippen LogP contribution in [0.15, 0.2) is 50.9 Å². The smallest absolute Gasteiger partial charge is 0.342 e. The molecule has 0 radical (unpaired) electrons. The first-order valence-electron chi connectivity index (χ1n) is 8.72. The van der Waals surface area contributed by atoms with E-state index in [9.17, 15) is 9.90 Å². The van der Waals surface area contributed by atoms with Gasteiger partial charge in [0.2, 0.25) is 5.16 Å². The summed E-state index contributed by atoms with van der Waals surface area (Å²) >= 11 is 10.3. The van der Waals surface area contributed by atoms with Gasteiger partial charge in [0.1, 0.15) is 4.91 Å². The number of H-pyrrole nitrogens is 1. The van der Waals surface area contributed by atoms with E-state index in [2.05, 4.69) is 31.1 Å². The van der Waals surface area contributed by atoms with Gasteiger partial charge in [-0.3, -0.25) is 5.10 Å². The fraction of sp³-hybridized carbons (Fsp3) is 0.150. The molecule has 7 nitrogen and oxygen atoms in total. The monoisotopic (exact) mass is 509 g/mol. The van der Waals surface area contributed by atoms with Crippen LogP contribution in [0.3, 0.4) is 0 Å². The van der Waals surface area contributed by atoms with E-state index in [1.165, 1.54) is 13.2 Å². The SMILES string of the molecule is CCOc1cc(/C=C(\Sc2n[nH]c(-c3ccc(Cl)cc3)n2)C(=O)O)cc(Br)c1OC. The number of aromatic nitrogens is 3. The lowest BCUT2D eigenvalue weighted by atomic mass is 10.2. The third-order valence-electron chi connectivity index (χ3n) is 3.83. The van der Waals surface area contributed by atoms with E-state index in [4.69, 9.17) is 21.1 Å². The maximum absolute atomic E-state index is 11.8. The van der Waals surface area contributed by atoms with Crippen LogP contribution in [-0.2, 0) is 4.79 Å². The first-order chi connectivity index (χ1) is 14.4. The van der Waals surface area contributed by atoms with Gasteiger partial charge < -0.3 is 14.6 Å². The molecule has 3 aromatic rings. The summed E-state index contributed by atoms with van der Waals surface area (Å²) in [6.45, 7) is 2.30. The van der Waals surface area contributed by atoms with Gasteiger partial charge in [0.05, 0.1) is 18.2 Å². The molecule has 0 aliphatic heterocycles. The standard InChI is InChI=1S/C20H17BrClN3O4S/c1-3-29-15-9-11(8-14(21)17(15)28-2)10-16(19(26)27)30-20-23-18(24-25-20)12-4-6-13(22)7-5-12/h4-10H,3H2,1-2H3,(H,26,27)(H,23,24,25)/b16-10-. The summed E-state index contributed by atoms with van der Waals surface area (Å²) in [6.07, 6.45) is 1.53. The largest absolute Gasteiger partial charge is 0.492 e. The summed E-state index contributed by atoms with van der Waals surface area (Å²) in [6, 6.07) is 10.6. The molecule has 0 fully saturated rings. The van der Waals surface area contributed by atoms with Crippen molar-refractivity contribution in [2.45, 2.75) is 12.1 Å². The van der Waals surface area contributed by atoms with Crippen LogP contribution in [0.4, 0.5) is 0 Å². The van der Waals surface area contributed by atoms with E-state index in [1.807, 2.05) is 6.92 Å². The van der Waals surface area contributed by atoms with Gasteiger partial charge in [0.15, 0.2) is 17.3 Å². The van der Waals surface area contributed by atoms with E-state index in [1.54, 1.807) is 36.4 Å². The Hall–Kier alpha value is -2.49. The van der Waals surface area contributed by atoms with Gasteiger partial charge in [-0.1, -0.05) is 11.6 Å². The highest BCUT2D eigenvalue weighted by Crippen LogP contribution is 2.38. The minimum Gasteiger partial charge on any atom is -0.492 e. The Morgan fingerprint density at radius 3 is 2.70 bits per heavy atom. The topological polar surface area (TPSA) is 97.3 Å². The number of nitrogens with one attached hydrogen (secondary N) is 1. The first-order valence-corrected chi connectivity index (χ1v) is 10.7. The Morgan fingerprint density at radius 2 is 2.07 bits per heavy atom. The summed E-state index contributed by atoms with van der Waals surface area (Å²) in [4.78, 5) is 16.2. The van der Waals surface area contributed by atoms with Crippen LogP contribution in [-0.4, -0.2) is 40.0 Å². The summed E-state index contributed by atoms with van der Waals surface area (Å²) in [7, 11) is 1.54. The van der Waals surface area contributed by atoms with Crippen molar-refractivity contribution in [1.82, 2.24) is 15.2 Å². The van der Waals surface area contributed by atoms with Gasteiger partial charge in [-0.05, 0) is 82.7 Å². The van der Waals surface area contributed by atoms with E-state index < -0.39 is 5.97 Å². The van der Waals surface area contributed by atoms with Crippen molar-refractivity contribution < 1.29 is 19.4 Å². The zero-order valence-electron chi connectivity index (χ0n) is 16.0. The number of halogens is 2. The fourth-order valence-corrected chi connectivity index (χ4v) is 4.00. The molecule has 2 aromatic carbocycles. The second-order valence-electron chi connectivity index (χ2n) is 5.86. The molecule has 0 unspecified atom stereocenters. The lowest BCUT2D eigenvalue weighted by molar-refractivity contribution is -0.131. The van der Waals surface area contributed by atoms with Crippen molar-refractivity contribution in [3.8, 4) is 22.9 Å². The van der Waals surface area contributed by atoms with Crippen LogP contribution in [0.25, 0.3) is 17.5 Å². The first kappa shape index (κ1) is 22.2. The Balaban J connectivity index is 1.89. The van der Waals surface area contributed by atoms with Crippen LogP contribution in [0, 0.1) is 0 Å². The van der Waals surface area contributed by atoms with E-state index in [-0.39, 0.29) is 10.1 Å². The predicted octanol–water partition coefficient (Wildman–Crippen LogP) is 5.51. The molecule has 0 aliphatic rings. The fourth-order valence-electron chi connectivity index (χ4n) is 2.55. The number of hydrogen-bond acceptors (Lipinski definition) is 6. The number of methoxy groups -OCH3 is 1. The van der Waals surface area contributed by atoms with Gasteiger partial charge in [0.25, 0.3) is 0 Å². The van der Waals surface area contributed by atoms with Crippen molar-refractivity contribution in [2.24, 2.45) is 0 Å². The quantitative estimate of drug-likeness (QED) is 0.304. The van der Waals surface area contributed by atoms with Crippen LogP contribution in [0.1, 0.15) is 12.5 Å². The molecule has 0 amide bonds. The number of hydrogen-bond donors (Lipinski definition) is 2. The number of carboxylic acid groups (broad SMARTS) is 1. The number of aliphatic carboxylic acids is 1. The van der Waals surface area contributed by atoms with E-state index in [0.717, 1.165) is 17.3 Å². The van der Waals surface area contributed by atoms with Crippen molar-refractivity contribution >= 4 is 51.3 Å². The van der Waals surface area contributed by atoms with E-state index >= 15 is 0 Å². The molecule has 0 aliphatic carbocycles. The Labute approximate surface area is 190 Å². The number of rotatable bonds is 8. The second kappa shape index (κ2) is 10.0. The van der Waals surface area contributed by atoms with E-state index in [0.29, 0.717) is 39.0 Å².